The van der Waals surface area contributed by atoms with Crippen molar-refractivity contribution in [1.29, 1.82) is 0 Å². The van der Waals surface area contributed by atoms with E-state index in [-0.39, 0.29) is 11.5 Å². The highest BCUT2D eigenvalue weighted by atomic mass is 79.9. The Kier molecular flexibility index (Phi) is 3.36. The largest absolute Gasteiger partial charge is 0.298 e. The van der Waals surface area contributed by atoms with Gasteiger partial charge in [0.1, 0.15) is 5.82 Å². The summed E-state index contributed by atoms with van der Waals surface area (Å²) in [6.07, 6.45) is 2.35. The molecule has 0 spiro atoms. The fraction of sp³-hybridized carbons (Fsp3) is 0.231. The molecule has 6 heteroatoms. The lowest BCUT2D eigenvalue weighted by molar-refractivity contribution is 0.102. The van der Waals surface area contributed by atoms with Crippen LogP contribution in [0.5, 0.6) is 0 Å². The summed E-state index contributed by atoms with van der Waals surface area (Å²) in [5.41, 5.74) is 1.33. The zero-order valence-electron chi connectivity index (χ0n) is 9.82. The maximum Gasteiger partial charge on any atom is 0.257 e. The van der Waals surface area contributed by atoms with Crippen LogP contribution in [0.3, 0.4) is 0 Å². The minimum Gasteiger partial charge on any atom is -0.298 e. The number of hydrogen-bond donors (Lipinski definition) is 1. The molecule has 1 amide bonds. The molecule has 0 unspecified atom stereocenters. The van der Waals surface area contributed by atoms with Crippen LogP contribution in [0.4, 0.5) is 9.52 Å². The number of amides is 1. The quantitative estimate of drug-likeness (QED) is 0.910. The lowest BCUT2D eigenvalue weighted by Gasteiger charge is -2.02. The number of aromatic nitrogens is 1. The molecule has 0 bridgehead atoms. The van der Waals surface area contributed by atoms with E-state index in [1.807, 2.05) is 5.38 Å². The predicted octanol–water partition coefficient (Wildman–Crippen LogP) is 4.17. The molecule has 0 radical (unpaired) electrons. The van der Waals surface area contributed by atoms with Gasteiger partial charge in [-0.3, -0.25) is 10.1 Å². The van der Waals surface area contributed by atoms with Crippen molar-refractivity contribution in [3.05, 3.63) is 45.1 Å². The van der Waals surface area contributed by atoms with Gasteiger partial charge in [0.25, 0.3) is 5.91 Å². The Morgan fingerprint density at radius 2 is 2.26 bits per heavy atom. The van der Waals surface area contributed by atoms with Gasteiger partial charge in [-0.15, -0.1) is 11.3 Å². The van der Waals surface area contributed by atoms with E-state index in [0.717, 1.165) is 5.69 Å². The Bertz CT molecular complexity index is 639. The molecule has 0 saturated heterocycles. The fourth-order valence-corrected chi connectivity index (χ4v) is 2.75. The van der Waals surface area contributed by atoms with Gasteiger partial charge in [0.2, 0.25) is 0 Å². The molecule has 1 aromatic heterocycles. The number of halogens is 2. The van der Waals surface area contributed by atoms with Crippen molar-refractivity contribution in [3.63, 3.8) is 0 Å². The number of nitrogens with one attached hydrogen (secondary N) is 1. The molecule has 0 aliphatic heterocycles. The Labute approximate surface area is 122 Å². The maximum atomic E-state index is 13.4. The zero-order chi connectivity index (χ0) is 13.4. The number of carbonyl (C=O) groups is 1. The van der Waals surface area contributed by atoms with Crippen LogP contribution in [0, 0.1) is 5.82 Å². The number of rotatable bonds is 3. The van der Waals surface area contributed by atoms with E-state index in [1.54, 1.807) is 6.07 Å². The third-order valence-electron chi connectivity index (χ3n) is 2.92. The van der Waals surface area contributed by atoms with Crippen molar-refractivity contribution in [3.8, 4) is 0 Å². The number of benzene rings is 1. The first-order chi connectivity index (χ1) is 9.13. The highest BCUT2D eigenvalue weighted by Crippen LogP contribution is 2.40. The average Bonchev–Trinajstić information content (AvgIpc) is 3.14. The number of carbonyl (C=O) groups excluding carboxylic acids is 1. The first-order valence-electron chi connectivity index (χ1n) is 5.85. The fourth-order valence-electron chi connectivity index (χ4n) is 1.72. The van der Waals surface area contributed by atoms with Crippen molar-refractivity contribution in [2.45, 2.75) is 18.8 Å². The van der Waals surface area contributed by atoms with Crippen molar-refractivity contribution in [1.82, 2.24) is 4.98 Å². The lowest BCUT2D eigenvalue weighted by Crippen LogP contribution is -2.12. The van der Waals surface area contributed by atoms with Gasteiger partial charge in [0.05, 0.1) is 10.2 Å². The monoisotopic (exact) mass is 340 g/mol. The van der Waals surface area contributed by atoms with Crippen LogP contribution in [0.25, 0.3) is 0 Å². The van der Waals surface area contributed by atoms with E-state index in [4.69, 9.17) is 0 Å². The van der Waals surface area contributed by atoms with Gasteiger partial charge in [-0.25, -0.2) is 9.37 Å². The molecule has 1 fully saturated rings. The number of hydrogen-bond acceptors (Lipinski definition) is 3. The molecule has 2 aromatic rings. The van der Waals surface area contributed by atoms with Gasteiger partial charge in [-0.1, -0.05) is 0 Å². The maximum absolute atomic E-state index is 13.4. The van der Waals surface area contributed by atoms with E-state index in [2.05, 4.69) is 26.2 Å². The van der Waals surface area contributed by atoms with E-state index in [1.165, 1.54) is 36.3 Å². The number of nitrogens with zero attached hydrogens (tertiary/aromatic N) is 1. The standard InChI is InChI=1S/C13H10BrFN2OS/c14-9-4-3-8(5-10(9)15)12(18)17-13-16-11(6-19-13)7-1-2-7/h3-7H,1-2H2,(H,16,17,18). The van der Waals surface area contributed by atoms with E-state index >= 15 is 0 Å². The molecule has 1 aromatic carbocycles. The SMILES string of the molecule is O=C(Nc1nc(C2CC2)cs1)c1ccc(Br)c(F)c1. The van der Waals surface area contributed by atoms with Crippen LogP contribution < -0.4 is 5.32 Å². The summed E-state index contributed by atoms with van der Waals surface area (Å²) in [6.45, 7) is 0. The van der Waals surface area contributed by atoms with Crippen molar-refractivity contribution in [2.24, 2.45) is 0 Å². The van der Waals surface area contributed by atoms with Crippen LogP contribution in [0.1, 0.15) is 34.8 Å². The second kappa shape index (κ2) is 5.02. The smallest absolute Gasteiger partial charge is 0.257 e. The van der Waals surface area contributed by atoms with Crippen LogP contribution in [0.2, 0.25) is 0 Å². The Morgan fingerprint density at radius 1 is 1.47 bits per heavy atom. The zero-order valence-corrected chi connectivity index (χ0v) is 12.2. The Hall–Kier alpha value is -1.27. The Morgan fingerprint density at radius 3 is 2.95 bits per heavy atom. The van der Waals surface area contributed by atoms with E-state index in [9.17, 15) is 9.18 Å². The molecule has 3 nitrogen and oxygen atoms in total. The van der Waals surface area contributed by atoms with Crippen molar-refractivity contribution < 1.29 is 9.18 Å². The minimum absolute atomic E-state index is 0.281. The molecule has 98 valence electrons. The highest BCUT2D eigenvalue weighted by Gasteiger charge is 2.26. The Balaban J connectivity index is 1.74. The molecule has 1 saturated carbocycles. The van der Waals surface area contributed by atoms with E-state index in [0.29, 0.717) is 15.5 Å². The molecule has 1 N–H and O–H groups in total. The van der Waals surface area contributed by atoms with Gasteiger partial charge < -0.3 is 0 Å². The molecule has 1 heterocycles. The minimum atomic E-state index is -0.453. The normalized spacial score (nSPS) is 14.4. The lowest BCUT2D eigenvalue weighted by atomic mass is 10.2. The third kappa shape index (κ3) is 2.84. The topological polar surface area (TPSA) is 42.0 Å². The van der Waals surface area contributed by atoms with Crippen molar-refractivity contribution in [2.75, 3.05) is 5.32 Å². The van der Waals surface area contributed by atoms with E-state index < -0.39 is 5.82 Å². The predicted molar refractivity (Wildman–Crippen MR) is 76.1 cm³/mol. The van der Waals surface area contributed by atoms with Crippen molar-refractivity contribution >= 4 is 38.3 Å². The van der Waals surface area contributed by atoms with Gasteiger partial charge in [-0.05, 0) is 47.0 Å². The van der Waals surface area contributed by atoms with Gasteiger partial charge >= 0.3 is 0 Å². The summed E-state index contributed by atoms with van der Waals surface area (Å²) >= 11 is 4.46. The van der Waals surface area contributed by atoms with Crippen LogP contribution >= 0.6 is 27.3 Å². The first-order valence-corrected chi connectivity index (χ1v) is 7.52. The third-order valence-corrected chi connectivity index (χ3v) is 4.34. The number of thiazole rings is 1. The van der Waals surface area contributed by atoms with Crippen LogP contribution in [0.15, 0.2) is 28.1 Å². The first kappa shape index (κ1) is 12.7. The molecular formula is C13H10BrFN2OS. The summed E-state index contributed by atoms with van der Waals surface area (Å²) in [5.74, 6) is -0.236. The summed E-state index contributed by atoms with van der Waals surface area (Å²) in [4.78, 5) is 16.3. The average molecular weight is 341 g/mol. The molecular weight excluding hydrogens is 331 g/mol. The molecule has 0 atom stereocenters. The summed E-state index contributed by atoms with van der Waals surface area (Å²) in [6, 6.07) is 4.29. The summed E-state index contributed by atoms with van der Waals surface area (Å²) < 4.78 is 13.7. The highest BCUT2D eigenvalue weighted by molar-refractivity contribution is 9.10. The summed E-state index contributed by atoms with van der Waals surface area (Å²) in [5, 5.41) is 5.23. The molecule has 1 aliphatic rings. The van der Waals surface area contributed by atoms with Crippen LogP contribution in [-0.2, 0) is 0 Å². The summed E-state index contributed by atoms with van der Waals surface area (Å²) in [7, 11) is 0. The molecule has 1 aliphatic carbocycles. The number of anilines is 1. The second-order valence-corrected chi connectivity index (χ2v) is 6.15. The molecule has 19 heavy (non-hydrogen) atoms. The van der Waals surface area contributed by atoms with Gasteiger partial charge in [0.15, 0.2) is 5.13 Å². The second-order valence-electron chi connectivity index (χ2n) is 4.43. The van der Waals surface area contributed by atoms with Crippen LogP contribution in [-0.4, -0.2) is 10.9 Å². The molecule has 3 rings (SSSR count). The van der Waals surface area contributed by atoms with Gasteiger partial charge in [0, 0.05) is 16.9 Å². The van der Waals surface area contributed by atoms with Gasteiger partial charge in [-0.2, -0.15) is 0 Å².